The summed E-state index contributed by atoms with van der Waals surface area (Å²) in [6.45, 7) is 4.95. The number of carboxylic acid groups (broad SMARTS) is 1. The third-order valence-electron chi connectivity index (χ3n) is 3.27. The predicted molar refractivity (Wildman–Crippen MR) is 80.2 cm³/mol. The molecule has 116 valence electrons. The number of rotatable bonds is 9. The van der Waals surface area contributed by atoms with Crippen molar-refractivity contribution in [2.75, 3.05) is 19.7 Å². The van der Waals surface area contributed by atoms with E-state index in [1.807, 2.05) is 44.2 Å². The van der Waals surface area contributed by atoms with Crippen molar-refractivity contribution in [3.05, 3.63) is 30.3 Å². The summed E-state index contributed by atoms with van der Waals surface area (Å²) >= 11 is 0. The molecule has 0 heterocycles. The number of amides is 1. The zero-order chi connectivity index (χ0) is 15.7. The third kappa shape index (κ3) is 6.29. The van der Waals surface area contributed by atoms with Gasteiger partial charge in [-0.25, -0.2) is 0 Å². The highest BCUT2D eigenvalue weighted by atomic mass is 16.5. The minimum absolute atomic E-state index is 0.0181. The Balaban J connectivity index is 2.36. The van der Waals surface area contributed by atoms with Crippen molar-refractivity contribution in [1.82, 2.24) is 4.90 Å². The first-order valence-corrected chi connectivity index (χ1v) is 7.23. The first-order valence-electron chi connectivity index (χ1n) is 7.23. The maximum Gasteiger partial charge on any atom is 0.305 e. The molecule has 0 saturated heterocycles. The molecular formula is C16H23NO4. The van der Waals surface area contributed by atoms with E-state index >= 15 is 0 Å². The zero-order valence-corrected chi connectivity index (χ0v) is 12.6. The molecule has 0 radical (unpaired) electrons. The van der Waals surface area contributed by atoms with Crippen LogP contribution >= 0.6 is 0 Å². The van der Waals surface area contributed by atoms with Gasteiger partial charge in [-0.15, -0.1) is 0 Å². The van der Waals surface area contributed by atoms with Gasteiger partial charge >= 0.3 is 5.97 Å². The quantitative estimate of drug-likeness (QED) is 0.759. The Morgan fingerprint density at radius 3 is 2.52 bits per heavy atom. The summed E-state index contributed by atoms with van der Waals surface area (Å²) in [5, 5.41) is 8.69. The molecule has 0 spiro atoms. The zero-order valence-electron chi connectivity index (χ0n) is 12.6. The molecule has 0 aliphatic rings. The Labute approximate surface area is 125 Å². The molecule has 1 atom stereocenters. The fraction of sp³-hybridized carbons (Fsp3) is 0.500. The normalized spacial score (nSPS) is 11.7. The predicted octanol–water partition coefficient (Wildman–Crippen LogP) is 2.41. The lowest BCUT2D eigenvalue weighted by atomic mass is 10.1. The van der Waals surface area contributed by atoms with Gasteiger partial charge in [0.15, 0.2) is 0 Å². The molecule has 1 amide bonds. The number of ether oxygens (including phenoxy) is 1. The molecule has 1 unspecified atom stereocenters. The average molecular weight is 293 g/mol. The van der Waals surface area contributed by atoms with Crippen LogP contribution in [0.3, 0.4) is 0 Å². The van der Waals surface area contributed by atoms with Crippen molar-refractivity contribution in [3.8, 4) is 5.75 Å². The molecule has 0 fully saturated rings. The fourth-order valence-electron chi connectivity index (χ4n) is 1.96. The maximum absolute atomic E-state index is 12.2. The van der Waals surface area contributed by atoms with Gasteiger partial charge in [-0.05, 0) is 25.5 Å². The first-order chi connectivity index (χ1) is 10.0. The molecule has 0 aromatic heterocycles. The van der Waals surface area contributed by atoms with Crippen molar-refractivity contribution in [2.24, 2.45) is 5.92 Å². The number of aliphatic carboxylic acids is 1. The van der Waals surface area contributed by atoms with Crippen molar-refractivity contribution < 1.29 is 19.4 Å². The van der Waals surface area contributed by atoms with Crippen LogP contribution < -0.4 is 4.74 Å². The lowest BCUT2D eigenvalue weighted by Crippen LogP contribution is -2.37. The van der Waals surface area contributed by atoms with Crippen LogP contribution in [0.2, 0.25) is 0 Å². The Morgan fingerprint density at radius 2 is 1.95 bits per heavy atom. The van der Waals surface area contributed by atoms with Crippen LogP contribution in [-0.4, -0.2) is 41.6 Å². The minimum atomic E-state index is -0.888. The third-order valence-corrected chi connectivity index (χ3v) is 3.27. The topological polar surface area (TPSA) is 66.8 Å². The van der Waals surface area contributed by atoms with E-state index in [0.717, 1.165) is 5.75 Å². The molecule has 1 N–H and O–H groups in total. The summed E-state index contributed by atoms with van der Waals surface area (Å²) in [6, 6.07) is 9.46. The molecule has 0 aliphatic heterocycles. The van der Waals surface area contributed by atoms with Crippen molar-refractivity contribution >= 4 is 11.9 Å². The van der Waals surface area contributed by atoms with Gasteiger partial charge in [-0.3, -0.25) is 9.59 Å². The molecular weight excluding hydrogens is 270 g/mol. The standard InChI is InChI=1S/C16H23NO4/c1-3-17(11-9-15(18)19)16(20)13(2)10-12-21-14-7-5-4-6-8-14/h4-8,13H,3,9-12H2,1-2H3,(H,18,19). The van der Waals surface area contributed by atoms with E-state index in [0.29, 0.717) is 19.6 Å². The number of nitrogens with zero attached hydrogens (tertiary/aromatic N) is 1. The van der Waals surface area contributed by atoms with Gasteiger partial charge in [-0.2, -0.15) is 0 Å². The van der Waals surface area contributed by atoms with Crippen LogP contribution in [0.15, 0.2) is 30.3 Å². The summed E-state index contributed by atoms with van der Waals surface area (Å²) in [5.41, 5.74) is 0. The number of hydrogen-bond acceptors (Lipinski definition) is 3. The molecule has 21 heavy (non-hydrogen) atoms. The Bertz CT molecular complexity index is 447. The van der Waals surface area contributed by atoms with E-state index in [9.17, 15) is 9.59 Å². The van der Waals surface area contributed by atoms with Crippen molar-refractivity contribution in [3.63, 3.8) is 0 Å². The number of carboxylic acids is 1. The van der Waals surface area contributed by atoms with E-state index in [2.05, 4.69) is 0 Å². The molecule has 0 aliphatic carbocycles. The van der Waals surface area contributed by atoms with Crippen LogP contribution in [0.5, 0.6) is 5.75 Å². The summed E-state index contributed by atoms with van der Waals surface area (Å²) in [7, 11) is 0. The smallest absolute Gasteiger partial charge is 0.305 e. The van der Waals surface area contributed by atoms with Gasteiger partial charge in [0.1, 0.15) is 5.75 Å². The van der Waals surface area contributed by atoms with Crippen LogP contribution in [-0.2, 0) is 9.59 Å². The SMILES string of the molecule is CCN(CCC(=O)O)C(=O)C(C)CCOc1ccccc1. The fourth-order valence-corrected chi connectivity index (χ4v) is 1.96. The van der Waals surface area contributed by atoms with E-state index in [1.165, 1.54) is 0 Å². The second kappa shape index (κ2) is 9.00. The monoisotopic (exact) mass is 293 g/mol. The summed E-state index contributed by atoms with van der Waals surface area (Å²) < 4.78 is 5.57. The maximum atomic E-state index is 12.2. The van der Waals surface area contributed by atoms with E-state index in [1.54, 1.807) is 4.90 Å². The van der Waals surface area contributed by atoms with Crippen LogP contribution in [0.25, 0.3) is 0 Å². The number of benzene rings is 1. The number of carbonyl (C=O) groups is 2. The highest BCUT2D eigenvalue weighted by molar-refractivity contribution is 5.79. The second-order valence-electron chi connectivity index (χ2n) is 4.91. The van der Waals surface area contributed by atoms with Gasteiger partial charge in [0.2, 0.25) is 5.91 Å². The highest BCUT2D eigenvalue weighted by Gasteiger charge is 2.19. The Kier molecular flexibility index (Phi) is 7.29. The van der Waals surface area contributed by atoms with E-state index in [4.69, 9.17) is 9.84 Å². The lowest BCUT2D eigenvalue weighted by molar-refractivity contribution is -0.139. The number of para-hydroxylation sites is 1. The Morgan fingerprint density at radius 1 is 1.29 bits per heavy atom. The summed E-state index contributed by atoms with van der Waals surface area (Å²) in [5.74, 6) is -0.297. The molecule has 5 heteroatoms. The van der Waals surface area contributed by atoms with Crippen molar-refractivity contribution in [1.29, 1.82) is 0 Å². The van der Waals surface area contributed by atoms with Crippen molar-refractivity contribution in [2.45, 2.75) is 26.7 Å². The molecule has 0 saturated carbocycles. The van der Waals surface area contributed by atoms with E-state index < -0.39 is 5.97 Å². The van der Waals surface area contributed by atoms with Crippen LogP contribution in [0.4, 0.5) is 0 Å². The number of carbonyl (C=O) groups excluding carboxylic acids is 1. The minimum Gasteiger partial charge on any atom is -0.494 e. The highest BCUT2D eigenvalue weighted by Crippen LogP contribution is 2.12. The van der Waals surface area contributed by atoms with Gasteiger partial charge in [0.05, 0.1) is 13.0 Å². The summed E-state index contributed by atoms with van der Waals surface area (Å²) in [6.07, 6.45) is 0.587. The molecule has 1 aromatic carbocycles. The van der Waals surface area contributed by atoms with Gasteiger partial charge in [-0.1, -0.05) is 25.1 Å². The Hall–Kier alpha value is -2.04. The number of hydrogen-bond donors (Lipinski definition) is 1. The van der Waals surface area contributed by atoms with Crippen LogP contribution in [0.1, 0.15) is 26.7 Å². The molecule has 1 rings (SSSR count). The first kappa shape index (κ1) is 17.0. The van der Waals surface area contributed by atoms with Gasteiger partial charge in [0, 0.05) is 19.0 Å². The largest absolute Gasteiger partial charge is 0.494 e. The van der Waals surface area contributed by atoms with Gasteiger partial charge in [0.25, 0.3) is 0 Å². The average Bonchev–Trinajstić information content (AvgIpc) is 2.48. The lowest BCUT2D eigenvalue weighted by Gasteiger charge is -2.23. The second-order valence-corrected chi connectivity index (χ2v) is 4.91. The van der Waals surface area contributed by atoms with Crippen LogP contribution in [0, 0.1) is 5.92 Å². The molecule has 1 aromatic rings. The van der Waals surface area contributed by atoms with E-state index in [-0.39, 0.29) is 24.8 Å². The molecule has 5 nitrogen and oxygen atoms in total. The summed E-state index contributed by atoms with van der Waals surface area (Å²) in [4.78, 5) is 24.4. The van der Waals surface area contributed by atoms with Gasteiger partial charge < -0.3 is 14.7 Å². The molecule has 0 bridgehead atoms.